The summed E-state index contributed by atoms with van der Waals surface area (Å²) in [4.78, 5) is 26.2. The van der Waals surface area contributed by atoms with Gasteiger partial charge in [-0.3, -0.25) is 10.2 Å². The Morgan fingerprint density at radius 2 is 1.68 bits per heavy atom. The number of carbonyl (C=O) groups is 2. The van der Waals surface area contributed by atoms with E-state index in [1.165, 1.54) is 37.8 Å². The van der Waals surface area contributed by atoms with Crippen molar-refractivity contribution in [1.82, 2.24) is 25.4 Å². The smallest absolute Gasteiger partial charge is 0.343 e. The third-order valence-electron chi connectivity index (χ3n) is 10.9. The predicted octanol–water partition coefficient (Wildman–Crippen LogP) is 2.80. The number of fused-ring (bicyclic) bond motifs is 1. The maximum atomic E-state index is 12.4. The Hall–Kier alpha value is -2.72. The Morgan fingerprint density at radius 3 is 2.30 bits per heavy atom. The van der Waals surface area contributed by atoms with Crippen LogP contribution in [-0.2, 0) is 14.8 Å². The molecule has 0 spiro atoms. The number of aryl methyl sites for hydroxylation is 1. The molecule has 240 valence electrons. The summed E-state index contributed by atoms with van der Waals surface area (Å²) in [6.07, 6.45) is 11.5. The molecule has 4 N–H and O–H groups in total. The standard InChI is InChI=1S/C17H25N3O2.C15H21N3O3S/c18-9-14-2-1-3-20(14)15(21)10-19-16-5-12-4-13(6-16)8-17(22,7-12)11-16;1-11-5-7-14(8-6-11)22(20,21)17-15(19)16-18-9-12-3-2-4-13(12)10-18/h12-14,19,22H,1-8,10-11H2;5-8,12-13H,2-4,9-10H2,1H3,(H2,16,17,19)/t12-,13+,14-,16?,17?;/m0./s1. The van der Waals surface area contributed by atoms with Crippen molar-refractivity contribution in [2.24, 2.45) is 23.7 Å². The molecule has 11 nitrogen and oxygen atoms in total. The van der Waals surface area contributed by atoms with Gasteiger partial charge in [0.25, 0.3) is 10.0 Å². The number of urea groups is 1. The summed E-state index contributed by atoms with van der Waals surface area (Å²) in [5, 5.41) is 25.2. The zero-order valence-corrected chi connectivity index (χ0v) is 26.4. The van der Waals surface area contributed by atoms with E-state index < -0.39 is 21.7 Å². The number of likely N-dealkylation sites (tertiary alicyclic amines) is 1. The van der Waals surface area contributed by atoms with E-state index in [2.05, 4.69) is 21.5 Å². The molecule has 3 amide bonds. The number of hydrogen-bond donors (Lipinski definition) is 4. The summed E-state index contributed by atoms with van der Waals surface area (Å²) in [7, 11) is -3.83. The first-order valence-corrected chi connectivity index (χ1v) is 17.7. The van der Waals surface area contributed by atoms with Crippen LogP contribution in [0.15, 0.2) is 29.2 Å². The van der Waals surface area contributed by atoms with Crippen LogP contribution in [0.4, 0.5) is 4.79 Å². The number of rotatable bonds is 6. The summed E-state index contributed by atoms with van der Waals surface area (Å²) in [6, 6.07) is 7.68. The minimum absolute atomic E-state index is 0.0453. The Bertz CT molecular complexity index is 1370. The molecular weight excluding hydrogens is 580 g/mol. The van der Waals surface area contributed by atoms with Crippen LogP contribution >= 0.6 is 0 Å². The molecule has 5 saturated carbocycles. The first-order chi connectivity index (χ1) is 20.9. The Morgan fingerprint density at radius 1 is 1.02 bits per heavy atom. The van der Waals surface area contributed by atoms with Crippen LogP contribution in [0.2, 0.25) is 0 Å². The first-order valence-electron chi connectivity index (χ1n) is 16.3. The molecule has 0 radical (unpaired) electrons. The second kappa shape index (κ2) is 12.2. The van der Waals surface area contributed by atoms with E-state index in [4.69, 9.17) is 5.26 Å². The molecule has 7 fully saturated rings. The quantitative estimate of drug-likeness (QED) is 0.376. The Kier molecular flexibility index (Phi) is 8.69. The van der Waals surface area contributed by atoms with Gasteiger partial charge in [0.15, 0.2) is 0 Å². The van der Waals surface area contributed by atoms with Crippen LogP contribution in [0.3, 0.4) is 0 Å². The van der Waals surface area contributed by atoms with Gasteiger partial charge < -0.3 is 15.3 Å². The number of amides is 3. The lowest BCUT2D eigenvalue weighted by molar-refractivity contribution is -0.147. The Labute approximate surface area is 260 Å². The van der Waals surface area contributed by atoms with Crippen LogP contribution in [0.25, 0.3) is 0 Å². The van der Waals surface area contributed by atoms with Crippen molar-refractivity contribution in [3.05, 3.63) is 29.8 Å². The van der Waals surface area contributed by atoms with E-state index >= 15 is 0 Å². The monoisotopic (exact) mass is 626 g/mol. The van der Waals surface area contributed by atoms with Gasteiger partial charge in [-0.05, 0) is 107 Å². The molecule has 44 heavy (non-hydrogen) atoms. The van der Waals surface area contributed by atoms with Gasteiger partial charge in [0.1, 0.15) is 6.04 Å². The zero-order valence-electron chi connectivity index (χ0n) is 25.6. The van der Waals surface area contributed by atoms with E-state index in [9.17, 15) is 23.1 Å². The van der Waals surface area contributed by atoms with Crippen molar-refractivity contribution in [2.75, 3.05) is 26.2 Å². The number of nitrogens with one attached hydrogen (secondary N) is 3. The molecule has 7 aliphatic rings. The normalized spacial score (nSPS) is 35.5. The Balaban J connectivity index is 0.000000156. The lowest BCUT2D eigenvalue weighted by Gasteiger charge is -2.60. The summed E-state index contributed by atoms with van der Waals surface area (Å²) in [5.41, 5.74) is 3.07. The van der Waals surface area contributed by atoms with Crippen LogP contribution in [0.1, 0.15) is 76.2 Å². The van der Waals surface area contributed by atoms with Gasteiger partial charge in [0.2, 0.25) is 5.91 Å². The fourth-order valence-electron chi connectivity index (χ4n) is 9.38. The second-order valence-corrected chi connectivity index (χ2v) is 16.1. The molecule has 4 unspecified atom stereocenters. The van der Waals surface area contributed by atoms with Crippen LogP contribution in [-0.4, -0.2) is 78.7 Å². The highest BCUT2D eigenvalue weighted by atomic mass is 32.2. The van der Waals surface area contributed by atoms with E-state index in [-0.39, 0.29) is 22.4 Å². The molecule has 1 aromatic carbocycles. The highest BCUT2D eigenvalue weighted by Crippen LogP contribution is 2.57. The lowest BCUT2D eigenvalue weighted by Crippen LogP contribution is -2.65. The topological polar surface area (TPSA) is 155 Å². The maximum absolute atomic E-state index is 12.4. The van der Waals surface area contributed by atoms with Gasteiger partial charge in [0.05, 0.1) is 23.1 Å². The number of nitrogens with zero attached hydrogens (tertiary/aromatic N) is 3. The van der Waals surface area contributed by atoms with Gasteiger partial charge in [0, 0.05) is 25.2 Å². The van der Waals surface area contributed by atoms with Gasteiger partial charge in [-0.25, -0.2) is 22.9 Å². The zero-order chi connectivity index (χ0) is 31.1. The lowest BCUT2D eigenvalue weighted by atomic mass is 9.51. The van der Waals surface area contributed by atoms with E-state index in [1.54, 1.807) is 17.0 Å². The molecule has 1 aromatic rings. The van der Waals surface area contributed by atoms with E-state index in [0.717, 1.165) is 63.6 Å². The van der Waals surface area contributed by atoms with Crippen LogP contribution in [0.5, 0.6) is 0 Å². The molecule has 4 bridgehead atoms. The summed E-state index contributed by atoms with van der Waals surface area (Å²) >= 11 is 0. The van der Waals surface area contributed by atoms with E-state index in [1.807, 2.05) is 11.9 Å². The first kappa shape index (κ1) is 31.3. The molecule has 8 rings (SSSR count). The van der Waals surface area contributed by atoms with Crippen molar-refractivity contribution >= 4 is 22.0 Å². The molecule has 5 aliphatic carbocycles. The number of nitriles is 1. The SMILES string of the molecule is Cc1ccc(S(=O)(=O)NC(=O)NN2CC3CCCC3C2)cc1.N#C[C@@H]1CCCN1C(=O)CNC12C[C@@H]3C[C@@H](CC(O)(C3)C1)C2. The fourth-order valence-corrected chi connectivity index (χ4v) is 10.3. The van der Waals surface area contributed by atoms with Crippen molar-refractivity contribution in [1.29, 1.82) is 5.26 Å². The third kappa shape index (κ3) is 6.76. The van der Waals surface area contributed by atoms with Crippen molar-refractivity contribution < 1.29 is 23.1 Å². The number of carbonyl (C=O) groups excluding carboxylic acids is 2. The van der Waals surface area contributed by atoms with Crippen LogP contribution in [0, 0.1) is 41.9 Å². The fraction of sp³-hybridized carbons (Fsp3) is 0.719. The minimum atomic E-state index is -3.83. The number of hydrazine groups is 1. The molecule has 12 heteroatoms. The summed E-state index contributed by atoms with van der Waals surface area (Å²) < 4.78 is 26.3. The molecule has 0 aromatic heterocycles. The summed E-state index contributed by atoms with van der Waals surface area (Å²) in [6.45, 7) is 4.51. The van der Waals surface area contributed by atoms with Gasteiger partial charge in [-0.2, -0.15) is 5.26 Å². The molecule has 2 saturated heterocycles. The highest BCUT2D eigenvalue weighted by molar-refractivity contribution is 7.90. The van der Waals surface area contributed by atoms with E-state index in [0.29, 0.717) is 36.8 Å². The van der Waals surface area contributed by atoms with Crippen molar-refractivity contribution in [2.45, 2.75) is 99.6 Å². The molecular formula is C32H46N6O5S. The van der Waals surface area contributed by atoms with Crippen molar-refractivity contribution in [3.63, 3.8) is 0 Å². The average Bonchev–Trinajstić information content (AvgIpc) is 3.68. The molecule has 7 atom stereocenters. The average molecular weight is 627 g/mol. The summed E-state index contributed by atoms with van der Waals surface area (Å²) in [5.74, 6) is 2.55. The number of sulfonamides is 1. The minimum Gasteiger partial charge on any atom is -0.390 e. The second-order valence-electron chi connectivity index (χ2n) is 14.4. The third-order valence-corrected chi connectivity index (χ3v) is 12.3. The molecule has 2 aliphatic heterocycles. The van der Waals surface area contributed by atoms with Gasteiger partial charge in [-0.1, -0.05) is 24.1 Å². The van der Waals surface area contributed by atoms with Gasteiger partial charge in [-0.15, -0.1) is 0 Å². The number of aliphatic hydroxyl groups is 1. The predicted molar refractivity (Wildman–Crippen MR) is 163 cm³/mol. The molecule has 2 heterocycles. The largest absolute Gasteiger partial charge is 0.390 e. The number of benzene rings is 1. The number of hydrogen-bond acceptors (Lipinski definition) is 8. The van der Waals surface area contributed by atoms with Gasteiger partial charge >= 0.3 is 6.03 Å². The van der Waals surface area contributed by atoms with Crippen molar-refractivity contribution in [3.8, 4) is 6.07 Å². The highest BCUT2D eigenvalue weighted by Gasteiger charge is 2.57. The van der Waals surface area contributed by atoms with Crippen LogP contribution < -0.4 is 15.5 Å². The maximum Gasteiger partial charge on any atom is 0.343 e.